The van der Waals surface area contributed by atoms with Crippen LogP contribution >= 0.6 is 0 Å². The summed E-state index contributed by atoms with van der Waals surface area (Å²) in [6.45, 7) is 4.40. The summed E-state index contributed by atoms with van der Waals surface area (Å²) in [5.41, 5.74) is 2.38. The van der Waals surface area contributed by atoms with Crippen LogP contribution in [0.2, 0.25) is 0 Å². The van der Waals surface area contributed by atoms with Crippen molar-refractivity contribution in [3.63, 3.8) is 0 Å². The average molecular weight is 243 g/mol. The quantitative estimate of drug-likeness (QED) is 0.877. The van der Waals surface area contributed by atoms with Crippen LogP contribution in [0, 0.1) is 25.2 Å². The Labute approximate surface area is 105 Å². The minimum atomic E-state index is 0.578. The minimum Gasteiger partial charge on any atom is -0.369 e. The van der Waals surface area contributed by atoms with E-state index in [1.165, 1.54) is 6.39 Å². The highest BCUT2D eigenvalue weighted by Gasteiger charge is 2.08. The molecule has 92 valence electrons. The van der Waals surface area contributed by atoms with Crippen molar-refractivity contribution in [3.8, 4) is 6.07 Å². The summed E-state index contributed by atoms with van der Waals surface area (Å²) in [6.07, 6.45) is 1.92. The van der Waals surface area contributed by atoms with Crippen LogP contribution in [0.3, 0.4) is 0 Å². The zero-order chi connectivity index (χ0) is 13.0. The molecule has 0 atom stereocenters. The number of anilines is 1. The Morgan fingerprint density at radius 1 is 1.44 bits per heavy atom. The van der Waals surface area contributed by atoms with Gasteiger partial charge in [-0.05, 0) is 25.5 Å². The first-order valence-electron chi connectivity index (χ1n) is 5.58. The molecule has 0 saturated carbocycles. The van der Waals surface area contributed by atoms with Crippen molar-refractivity contribution >= 4 is 5.82 Å². The molecular weight excluding hydrogens is 230 g/mol. The van der Waals surface area contributed by atoms with Crippen LogP contribution in [0.4, 0.5) is 5.82 Å². The Bertz CT molecular complexity index is 571. The Morgan fingerprint density at radius 2 is 2.28 bits per heavy atom. The molecule has 1 N–H and O–H groups in total. The molecule has 2 heterocycles. The number of hydrogen-bond acceptors (Lipinski definition) is 6. The van der Waals surface area contributed by atoms with E-state index in [1.54, 1.807) is 0 Å². The van der Waals surface area contributed by atoms with Gasteiger partial charge in [0.15, 0.2) is 5.82 Å². The molecule has 0 unspecified atom stereocenters. The van der Waals surface area contributed by atoms with Crippen molar-refractivity contribution in [1.82, 2.24) is 15.1 Å². The zero-order valence-electron chi connectivity index (χ0n) is 10.3. The van der Waals surface area contributed by atoms with E-state index >= 15 is 0 Å². The van der Waals surface area contributed by atoms with Gasteiger partial charge >= 0.3 is 0 Å². The van der Waals surface area contributed by atoms with Crippen LogP contribution < -0.4 is 5.32 Å². The van der Waals surface area contributed by atoms with Crippen LogP contribution in [0.25, 0.3) is 0 Å². The van der Waals surface area contributed by atoms with Crippen molar-refractivity contribution in [1.29, 1.82) is 5.26 Å². The molecule has 0 aliphatic rings. The number of nitriles is 1. The van der Waals surface area contributed by atoms with Gasteiger partial charge in [-0.2, -0.15) is 10.2 Å². The molecule has 2 aromatic heterocycles. The Kier molecular flexibility index (Phi) is 3.53. The molecule has 2 aromatic rings. The van der Waals surface area contributed by atoms with Gasteiger partial charge in [-0.25, -0.2) is 4.98 Å². The average Bonchev–Trinajstić information content (AvgIpc) is 2.81. The second-order valence-corrected chi connectivity index (χ2v) is 3.94. The van der Waals surface area contributed by atoms with E-state index in [-0.39, 0.29) is 0 Å². The summed E-state index contributed by atoms with van der Waals surface area (Å²) in [7, 11) is 0. The van der Waals surface area contributed by atoms with E-state index in [2.05, 4.69) is 31.0 Å². The van der Waals surface area contributed by atoms with E-state index in [4.69, 9.17) is 5.26 Å². The lowest BCUT2D eigenvalue weighted by atomic mass is 10.1. The standard InChI is InChI=1S/C12H13N5O/c1-8-5-9(2)16-12(10(8)6-13)14-4-3-11-15-7-18-17-11/h5,7H,3-4H2,1-2H3,(H,14,16). The summed E-state index contributed by atoms with van der Waals surface area (Å²) < 4.78 is 4.64. The maximum absolute atomic E-state index is 9.10. The van der Waals surface area contributed by atoms with Crippen molar-refractivity contribution in [2.45, 2.75) is 20.3 Å². The van der Waals surface area contributed by atoms with Crippen LogP contribution in [0.1, 0.15) is 22.6 Å². The van der Waals surface area contributed by atoms with Crippen LogP contribution in [-0.4, -0.2) is 21.7 Å². The van der Waals surface area contributed by atoms with E-state index in [1.807, 2.05) is 19.9 Å². The van der Waals surface area contributed by atoms with Gasteiger partial charge < -0.3 is 9.84 Å². The molecule has 0 aliphatic heterocycles. The van der Waals surface area contributed by atoms with Gasteiger partial charge in [0.25, 0.3) is 0 Å². The molecule has 0 aromatic carbocycles. The second-order valence-electron chi connectivity index (χ2n) is 3.94. The molecule has 2 rings (SSSR count). The maximum Gasteiger partial charge on any atom is 0.213 e. The summed E-state index contributed by atoms with van der Waals surface area (Å²) in [5.74, 6) is 1.24. The lowest BCUT2D eigenvalue weighted by molar-refractivity contribution is 0.410. The Balaban J connectivity index is 2.07. The normalized spacial score (nSPS) is 10.1. The van der Waals surface area contributed by atoms with Gasteiger partial charge in [0.1, 0.15) is 11.9 Å². The summed E-state index contributed by atoms with van der Waals surface area (Å²) in [6, 6.07) is 4.05. The maximum atomic E-state index is 9.10. The molecule has 0 saturated heterocycles. The molecular formula is C12H13N5O. The molecule has 18 heavy (non-hydrogen) atoms. The molecule has 0 spiro atoms. The van der Waals surface area contributed by atoms with E-state index in [0.717, 1.165) is 11.3 Å². The van der Waals surface area contributed by atoms with Gasteiger partial charge in [-0.15, -0.1) is 0 Å². The highest BCUT2D eigenvalue weighted by molar-refractivity contribution is 5.56. The third-order valence-electron chi connectivity index (χ3n) is 2.50. The fourth-order valence-corrected chi connectivity index (χ4v) is 1.70. The molecule has 6 nitrogen and oxygen atoms in total. The first-order chi connectivity index (χ1) is 8.70. The number of nitrogens with zero attached hydrogens (tertiary/aromatic N) is 4. The molecule has 0 amide bonds. The largest absolute Gasteiger partial charge is 0.369 e. The Hall–Kier alpha value is -2.42. The Morgan fingerprint density at radius 3 is 2.94 bits per heavy atom. The van der Waals surface area contributed by atoms with Crippen molar-refractivity contribution in [2.75, 3.05) is 11.9 Å². The number of pyridine rings is 1. The number of aryl methyl sites for hydroxylation is 2. The van der Waals surface area contributed by atoms with Crippen LogP contribution in [-0.2, 0) is 6.42 Å². The molecule has 0 bridgehead atoms. The van der Waals surface area contributed by atoms with E-state index in [9.17, 15) is 0 Å². The lowest BCUT2D eigenvalue weighted by Gasteiger charge is -2.09. The fourth-order valence-electron chi connectivity index (χ4n) is 1.70. The monoisotopic (exact) mass is 243 g/mol. The number of hydrogen-bond donors (Lipinski definition) is 1. The molecule has 0 aliphatic carbocycles. The van der Waals surface area contributed by atoms with Gasteiger partial charge in [0.05, 0.1) is 5.56 Å². The van der Waals surface area contributed by atoms with Gasteiger partial charge in [-0.1, -0.05) is 5.16 Å². The van der Waals surface area contributed by atoms with E-state index in [0.29, 0.717) is 30.2 Å². The second kappa shape index (κ2) is 5.27. The fraction of sp³-hybridized carbons (Fsp3) is 0.333. The summed E-state index contributed by atoms with van der Waals surface area (Å²) >= 11 is 0. The SMILES string of the molecule is Cc1cc(C)c(C#N)c(NCCc2ncon2)n1. The molecule has 6 heteroatoms. The number of aromatic nitrogens is 3. The lowest BCUT2D eigenvalue weighted by Crippen LogP contribution is -2.10. The first-order valence-corrected chi connectivity index (χ1v) is 5.58. The first kappa shape index (κ1) is 12.0. The van der Waals surface area contributed by atoms with Crippen LogP contribution in [0.15, 0.2) is 17.0 Å². The van der Waals surface area contributed by atoms with Gasteiger partial charge in [-0.3, -0.25) is 0 Å². The van der Waals surface area contributed by atoms with Crippen molar-refractivity contribution in [2.24, 2.45) is 0 Å². The third kappa shape index (κ3) is 2.63. The topological polar surface area (TPSA) is 87.6 Å². The minimum absolute atomic E-state index is 0.578. The number of rotatable bonds is 4. The molecule has 0 fully saturated rings. The molecule has 0 radical (unpaired) electrons. The zero-order valence-corrected chi connectivity index (χ0v) is 10.3. The number of nitrogens with one attached hydrogen (secondary N) is 1. The van der Waals surface area contributed by atoms with Gasteiger partial charge in [0, 0.05) is 18.7 Å². The van der Waals surface area contributed by atoms with Crippen LogP contribution in [0.5, 0.6) is 0 Å². The van der Waals surface area contributed by atoms with Crippen molar-refractivity contribution < 1.29 is 4.52 Å². The van der Waals surface area contributed by atoms with E-state index < -0.39 is 0 Å². The predicted molar refractivity (Wildman–Crippen MR) is 64.9 cm³/mol. The highest BCUT2D eigenvalue weighted by Crippen LogP contribution is 2.17. The summed E-state index contributed by atoms with van der Waals surface area (Å²) in [4.78, 5) is 8.25. The smallest absolute Gasteiger partial charge is 0.213 e. The summed E-state index contributed by atoms with van der Waals surface area (Å²) in [5, 5.41) is 15.9. The third-order valence-corrected chi connectivity index (χ3v) is 2.50. The van der Waals surface area contributed by atoms with Gasteiger partial charge in [0.2, 0.25) is 6.39 Å². The highest BCUT2D eigenvalue weighted by atomic mass is 16.5. The predicted octanol–water partition coefficient (Wildman–Crippen LogP) is 1.61. The van der Waals surface area contributed by atoms with Crippen molar-refractivity contribution in [3.05, 3.63) is 35.1 Å².